The van der Waals surface area contributed by atoms with Gasteiger partial charge in [-0.2, -0.15) is 0 Å². The average molecular weight is 1180 g/mol. The van der Waals surface area contributed by atoms with Crippen LogP contribution in [0.25, 0.3) is 50.1 Å². The molecule has 0 bridgehead atoms. The topological polar surface area (TPSA) is 271 Å². The molecule has 14 N–H and O–H groups in total. The van der Waals surface area contributed by atoms with Crippen molar-refractivity contribution in [1.82, 2.24) is 19.9 Å². The molecule has 6 heterocycles. The first-order valence-corrected chi connectivity index (χ1v) is 28.5. The molecule has 0 unspecified atom stereocenters. The summed E-state index contributed by atoms with van der Waals surface area (Å²) in [6.07, 6.45) is 4.92. The first kappa shape index (κ1) is 63.1. The summed E-state index contributed by atoms with van der Waals surface area (Å²) in [6.45, 7) is 12.7. The Morgan fingerprint density at radius 2 is 0.843 bits per heavy atom. The number of ether oxygens (including phenoxy) is 2. The summed E-state index contributed by atoms with van der Waals surface area (Å²) in [7, 11) is 0. The second-order valence-corrected chi connectivity index (χ2v) is 21.2. The Labute approximate surface area is 501 Å². The van der Waals surface area contributed by atoms with E-state index in [1.54, 1.807) is 18.2 Å². The van der Waals surface area contributed by atoms with Crippen molar-refractivity contribution < 1.29 is 24.8 Å². The van der Waals surface area contributed by atoms with E-state index in [2.05, 4.69) is 58.0 Å². The summed E-state index contributed by atoms with van der Waals surface area (Å²) in [5.74, 6) is 2.60. The number of nitrogens with two attached hydrogens (primary N) is 4. The fourth-order valence-electron chi connectivity index (χ4n) is 9.42. The maximum Gasteiger partial charge on any atom is 0.132 e. The molecule has 0 atom stereocenters. The average Bonchev–Trinajstić information content (AvgIpc) is 3.69. The SMILES string of the molecule is Cc1ccc(N)cc1-c1cc(Cl)nc(Cl)c1.Cc1ccc(N)cc1-c1cc(Cl)nc(NCCO)c1.Cc1ccc(N)cc1-c1cc(NCCO)nc(C2=CCOCC2)c1.Cc1ccc(N)cc1-c1cc(NCCO)nc(C2CCOCC2)c1. The number of hydrogen-bond donors (Lipinski definition) is 10. The molecule has 8 aromatic rings. The molecule has 4 aromatic carbocycles. The Hall–Kier alpha value is -7.51. The smallest absolute Gasteiger partial charge is 0.132 e. The summed E-state index contributed by atoms with van der Waals surface area (Å²) in [6, 6.07) is 38.9. The summed E-state index contributed by atoms with van der Waals surface area (Å²) in [5, 5.41) is 37.5. The van der Waals surface area contributed by atoms with E-state index in [0.717, 1.165) is 128 Å². The largest absolute Gasteiger partial charge is 0.399 e. The van der Waals surface area contributed by atoms with Gasteiger partial charge in [0.2, 0.25) is 0 Å². The molecule has 10 rings (SSSR count). The fraction of sp³-hybridized carbons (Fsp3) is 0.281. The van der Waals surface area contributed by atoms with E-state index in [1.807, 2.05) is 105 Å². The molecule has 4 aromatic heterocycles. The molecule has 0 radical (unpaired) electrons. The second kappa shape index (κ2) is 31.2. The molecule has 16 nitrogen and oxygen atoms in total. The van der Waals surface area contributed by atoms with E-state index in [9.17, 15) is 0 Å². The zero-order chi connectivity index (χ0) is 59.4. The first-order chi connectivity index (χ1) is 40.0. The van der Waals surface area contributed by atoms with Crippen molar-refractivity contribution in [3.63, 3.8) is 0 Å². The number of halogens is 3. The van der Waals surface area contributed by atoms with Crippen LogP contribution in [0.2, 0.25) is 15.5 Å². The van der Waals surface area contributed by atoms with Gasteiger partial charge in [-0.3, -0.25) is 0 Å². The van der Waals surface area contributed by atoms with Gasteiger partial charge in [-0.1, -0.05) is 65.1 Å². The fourth-order valence-corrected chi connectivity index (χ4v) is 10.1. The minimum Gasteiger partial charge on any atom is -0.399 e. The molecular formula is C64H74Cl3N11O5. The van der Waals surface area contributed by atoms with Crippen LogP contribution in [-0.4, -0.2) is 101 Å². The lowest BCUT2D eigenvalue weighted by atomic mass is 9.92. The zero-order valence-corrected chi connectivity index (χ0v) is 49.6. The maximum atomic E-state index is 9.09. The Balaban J connectivity index is 0.000000161. The van der Waals surface area contributed by atoms with Gasteiger partial charge in [0.05, 0.1) is 38.7 Å². The molecular weight excluding hydrogens is 1110 g/mol. The van der Waals surface area contributed by atoms with Gasteiger partial charge in [0.15, 0.2) is 0 Å². The number of benzene rings is 4. The third-order valence-corrected chi connectivity index (χ3v) is 14.3. The van der Waals surface area contributed by atoms with E-state index in [-0.39, 0.29) is 19.8 Å². The number of aryl methyl sites for hydroxylation is 4. The lowest BCUT2D eigenvalue weighted by Gasteiger charge is -2.23. The number of nitrogens with zero attached hydrogens (tertiary/aromatic N) is 4. The summed E-state index contributed by atoms with van der Waals surface area (Å²) in [4.78, 5) is 17.5. The Kier molecular flexibility index (Phi) is 23.7. The van der Waals surface area contributed by atoms with E-state index in [1.165, 1.54) is 11.1 Å². The highest BCUT2D eigenvalue weighted by atomic mass is 35.5. The quantitative estimate of drug-likeness (QED) is 0.0338. The summed E-state index contributed by atoms with van der Waals surface area (Å²) < 4.78 is 10.9. The lowest BCUT2D eigenvalue weighted by Crippen LogP contribution is -2.16. The number of aliphatic hydroxyl groups is 3. The first-order valence-electron chi connectivity index (χ1n) is 27.4. The molecule has 0 spiro atoms. The highest BCUT2D eigenvalue weighted by Gasteiger charge is 2.20. The van der Waals surface area contributed by atoms with E-state index >= 15 is 0 Å². The monoisotopic (exact) mass is 1180 g/mol. The molecule has 2 aliphatic heterocycles. The van der Waals surface area contributed by atoms with Gasteiger partial charge in [0.25, 0.3) is 0 Å². The normalized spacial score (nSPS) is 13.0. The van der Waals surface area contributed by atoms with Crippen LogP contribution in [0.5, 0.6) is 0 Å². The predicted octanol–water partition coefficient (Wildman–Crippen LogP) is 12.4. The summed E-state index contributed by atoms with van der Waals surface area (Å²) >= 11 is 17.8. The van der Waals surface area contributed by atoms with Gasteiger partial charge < -0.3 is 63.7 Å². The van der Waals surface area contributed by atoms with Crippen LogP contribution in [0.15, 0.2) is 127 Å². The Bertz CT molecular complexity index is 3470. The highest BCUT2D eigenvalue weighted by Crippen LogP contribution is 2.35. The molecule has 19 heteroatoms. The molecule has 436 valence electrons. The van der Waals surface area contributed by atoms with E-state index in [0.29, 0.717) is 71.4 Å². The van der Waals surface area contributed by atoms with Gasteiger partial charge in [-0.15, -0.1) is 0 Å². The minimum atomic E-state index is 0.0425. The zero-order valence-electron chi connectivity index (χ0n) is 47.3. The van der Waals surface area contributed by atoms with Crippen LogP contribution < -0.4 is 38.9 Å². The molecule has 0 aliphatic carbocycles. The van der Waals surface area contributed by atoms with Gasteiger partial charge >= 0.3 is 0 Å². The van der Waals surface area contributed by atoms with Crippen molar-refractivity contribution in [2.75, 3.05) is 105 Å². The number of nitrogen functional groups attached to an aromatic ring is 4. The molecule has 2 aliphatic rings. The maximum absolute atomic E-state index is 9.09. The van der Waals surface area contributed by atoms with Gasteiger partial charge in [-0.05, 0) is 216 Å². The third kappa shape index (κ3) is 18.7. The van der Waals surface area contributed by atoms with Crippen molar-refractivity contribution in [3.05, 3.63) is 177 Å². The number of anilines is 7. The molecule has 0 saturated carbocycles. The van der Waals surface area contributed by atoms with Crippen LogP contribution in [0, 0.1) is 27.7 Å². The molecule has 1 fully saturated rings. The predicted molar refractivity (Wildman–Crippen MR) is 343 cm³/mol. The van der Waals surface area contributed by atoms with Crippen LogP contribution in [-0.2, 0) is 9.47 Å². The Morgan fingerprint density at radius 1 is 0.458 bits per heavy atom. The van der Waals surface area contributed by atoms with Crippen LogP contribution >= 0.6 is 34.8 Å². The number of rotatable bonds is 15. The van der Waals surface area contributed by atoms with Crippen molar-refractivity contribution in [2.45, 2.75) is 52.9 Å². The number of aromatic nitrogens is 4. The van der Waals surface area contributed by atoms with Crippen molar-refractivity contribution in [2.24, 2.45) is 0 Å². The van der Waals surface area contributed by atoms with Crippen molar-refractivity contribution >= 4 is 80.6 Å². The second-order valence-electron chi connectivity index (χ2n) is 20.0. The summed E-state index contributed by atoms with van der Waals surface area (Å²) in [5.41, 5.74) is 42.6. The van der Waals surface area contributed by atoms with E-state index in [4.69, 9.17) is 92.5 Å². The third-order valence-electron chi connectivity index (χ3n) is 13.7. The Morgan fingerprint density at radius 3 is 1.27 bits per heavy atom. The number of nitrogens with one attached hydrogen (secondary N) is 3. The highest BCUT2D eigenvalue weighted by molar-refractivity contribution is 6.33. The molecule has 0 amide bonds. The minimum absolute atomic E-state index is 0.0425. The van der Waals surface area contributed by atoms with Crippen LogP contribution in [0.3, 0.4) is 0 Å². The number of hydrogen-bond acceptors (Lipinski definition) is 16. The van der Waals surface area contributed by atoms with Gasteiger partial charge in [0.1, 0.15) is 32.9 Å². The van der Waals surface area contributed by atoms with E-state index < -0.39 is 0 Å². The standard InChI is InChI=1S/C19H25N3O2.C19H23N3O2.C14H16ClN3O.C12H10Cl2N2/c2*1-13-2-3-16(20)12-17(13)15-10-18(14-4-8-24-9-5-14)22-19(11-15)21-6-7-23;1-9-2-3-11(16)8-12(9)10-6-13(15)18-14(7-10)17-4-5-19;1-7-2-3-9(15)6-10(7)8-4-11(13)16-12(14)5-8/h2-3,10-12,14,23H,4-9,20H2,1H3,(H,21,22);2-4,10-12,23H,5-9,20H2,1H3,(H,21,22);2-3,6-8,19H,4-5,16H2,1H3,(H,17,18);2-6H,15H2,1H3. The van der Waals surface area contributed by atoms with Crippen LogP contribution in [0.1, 0.15) is 58.8 Å². The van der Waals surface area contributed by atoms with Crippen LogP contribution in [0.4, 0.5) is 40.2 Å². The lowest BCUT2D eigenvalue weighted by molar-refractivity contribution is 0.0845. The molecule has 1 saturated heterocycles. The van der Waals surface area contributed by atoms with Crippen molar-refractivity contribution in [1.29, 1.82) is 0 Å². The molecule has 83 heavy (non-hydrogen) atoms. The number of pyridine rings is 4. The van der Waals surface area contributed by atoms with Gasteiger partial charge in [-0.25, -0.2) is 19.9 Å². The number of aliphatic hydroxyl groups excluding tert-OH is 3. The van der Waals surface area contributed by atoms with Crippen molar-refractivity contribution in [3.8, 4) is 44.5 Å². The van der Waals surface area contributed by atoms with Gasteiger partial charge in [0, 0.05) is 67.2 Å².